The van der Waals surface area contributed by atoms with Crippen molar-refractivity contribution < 1.29 is 28.6 Å². The number of hydrogen-bond acceptors (Lipinski definition) is 6. The lowest BCUT2D eigenvalue weighted by atomic mass is 10.0. The molecule has 0 N–H and O–H groups in total. The van der Waals surface area contributed by atoms with Crippen molar-refractivity contribution in [3.8, 4) is 0 Å². The van der Waals surface area contributed by atoms with Gasteiger partial charge < -0.3 is 14.2 Å². The van der Waals surface area contributed by atoms with Crippen LogP contribution in [0.25, 0.3) is 0 Å². The Morgan fingerprint density at radius 1 is 0.292 bits per heavy atom. The van der Waals surface area contributed by atoms with Gasteiger partial charge in [0.1, 0.15) is 13.2 Å². The first-order chi connectivity index (χ1) is 35.5. The fraction of sp³-hybridized carbons (Fsp3) is 0.682. The van der Waals surface area contributed by atoms with Crippen LogP contribution in [0.2, 0.25) is 0 Å². The molecule has 6 nitrogen and oxygen atoms in total. The lowest BCUT2D eigenvalue weighted by molar-refractivity contribution is -0.167. The summed E-state index contributed by atoms with van der Waals surface area (Å²) in [6.07, 6.45) is 80.8. The Hall–Kier alpha value is -3.93. The van der Waals surface area contributed by atoms with E-state index in [0.717, 1.165) is 135 Å². The summed E-state index contributed by atoms with van der Waals surface area (Å²) in [5.41, 5.74) is 0. The van der Waals surface area contributed by atoms with Crippen LogP contribution < -0.4 is 0 Å². The maximum atomic E-state index is 12.9. The van der Waals surface area contributed by atoms with Crippen LogP contribution >= 0.6 is 0 Å². The van der Waals surface area contributed by atoms with E-state index in [0.29, 0.717) is 19.3 Å². The van der Waals surface area contributed by atoms with Gasteiger partial charge in [0, 0.05) is 19.3 Å². The number of rotatable bonds is 53. The third-order valence-electron chi connectivity index (χ3n) is 12.5. The van der Waals surface area contributed by atoms with Gasteiger partial charge in [-0.3, -0.25) is 14.4 Å². The molecular formula is C66H110O6. The highest BCUT2D eigenvalue weighted by Crippen LogP contribution is 2.15. The van der Waals surface area contributed by atoms with Gasteiger partial charge in [0.15, 0.2) is 6.10 Å². The van der Waals surface area contributed by atoms with Gasteiger partial charge in [-0.2, -0.15) is 0 Å². The van der Waals surface area contributed by atoms with E-state index in [1.165, 1.54) is 96.3 Å². The Kier molecular flexibility index (Phi) is 56.4. The van der Waals surface area contributed by atoms with Crippen molar-refractivity contribution in [2.75, 3.05) is 13.2 Å². The molecule has 0 aliphatic rings. The third kappa shape index (κ3) is 57.0. The van der Waals surface area contributed by atoms with E-state index in [-0.39, 0.29) is 31.1 Å². The number of carbonyl (C=O) groups excluding carboxylic acids is 3. The van der Waals surface area contributed by atoms with Crippen molar-refractivity contribution in [2.45, 2.75) is 277 Å². The number of carbonyl (C=O) groups is 3. The minimum atomic E-state index is -0.800. The Balaban J connectivity index is 4.43. The summed E-state index contributed by atoms with van der Waals surface area (Å²) in [6.45, 7) is 6.47. The van der Waals surface area contributed by atoms with E-state index in [1.54, 1.807) is 0 Å². The van der Waals surface area contributed by atoms with Gasteiger partial charge in [0.25, 0.3) is 0 Å². The monoisotopic (exact) mass is 999 g/mol. The molecule has 0 aromatic rings. The molecule has 0 bridgehead atoms. The van der Waals surface area contributed by atoms with Crippen molar-refractivity contribution in [2.24, 2.45) is 0 Å². The molecule has 0 spiro atoms. The molecule has 1 atom stereocenters. The molecule has 0 aliphatic carbocycles. The highest BCUT2D eigenvalue weighted by molar-refractivity contribution is 5.71. The summed E-state index contributed by atoms with van der Waals surface area (Å²) < 4.78 is 16.8. The van der Waals surface area contributed by atoms with Crippen molar-refractivity contribution in [3.63, 3.8) is 0 Å². The number of allylic oxidation sites excluding steroid dienone is 18. The molecule has 0 radical (unpaired) electrons. The van der Waals surface area contributed by atoms with Crippen molar-refractivity contribution in [3.05, 3.63) is 109 Å². The first-order valence-corrected chi connectivity index (χ1v) is 29.9. The zero-order valence-corrected chi connectivity index (χ0v) is 46.9. The number of esters is 3. The molecule has 0 fully saturated rings. The molecular weight excluding hydrogens is 889 g/mol. The maximum absolute atomic E-state index is 12.9. The highest BCUT2D eigenvalue weighted by Gasteiger charge is 2.19. The van der Waals surface area contributed by atoms with E-state index in [4.69, 9.17) is 14.2 Å². The van der Waals surface area contributed by atoms with Crippen LogP contribution in [0.5, 0.6) is 0 Å². The van der Waals surface area contributed by atoms with E-state index in [1.807, 2.05) is 0 Å². The molecule has 0 saturated heterocycles. The fourth-order valence-electron chi connectivity index (χ4n) is 8.04. The molecule has 0 aromatic carbocycles. The Labute approximate surface area is 444 Å². The molecule has 1 unspecified atom stereocenters. The van der Waals surface area contributed by atoms with Crippen LogP contribution in [0, 0.1) is 0 Å². The summed E-state index contributed by atoms with van der Waals surface area (Å²) in [6, 6.07) is 0. The van der Waals surface area contributed by atoms with Gasteiger partial charge >= 0.3 is 17.9 Å². The zero-order valence-electron chi connectivity index (χ0n) is 46.9. The lowest BCUT2D eigenvalue weighted by Gasteiger charge is -2.18. The first kappa shape index (κ1) is 68.1. The van der Waals surface area contributed by atoms with Gasteiger partial charge in [-0.1, -0.05) is 252 Å². The molecule has 0 saturated carbocycles. The quantitative estimate of drug-likeness (QED) is 0.0261. The molecule has 410 valence electrons. The highest BCUT2D eigenvalue weighted by atomic mass is 16.6. The standard InChI is InChI=1S/C66H110O6/c1-4-7-10-13-16-19-22-25-28-29-30-31-32-33-34-35-36-37-39-41-44-47-50-53-56-59-65(68)71-62-63(61-70-64(67)58-55-52-49-46-43-40-27-24-21-18-15-12-9-6-3)72-66(69)60-57-54-51-48-45-42-38-26-23-20-17-14-11-8-5-2/h7,10,16-17,19-20,25-26,28,30-31,33-34,36-38,41,44,63H,4-6,8-9,11-15,18,21-24,27,29,32,35,39-40,42-43,45-62H2,1-3H3/b10-7-,19-16-,20-17-,28-25-,31-30-,34-33-,37-36-,38-26-,44-41-. The number of unbranched alkanes of at least 4 members (excludes halogenated alkanes) is 24. The SMILES string of the molecule is CC/C=C\C/C=C\C/C=C\C/C=C\C/C=C\C/C=C\C/C=C\CCCCCC(=O)OCC(COC(=O)CCCCCCCCCCCCCCCC)OC(=O)CCCCCCC/C=C\C/C=C\CCCCC. The topological polar surface area (TPSA) is 78.9 Å². The van der Waals surface area contributed by atoms with Crippen LogP contribution in [0.15, 0.2) is 109 Å². The van der Waals surface area contributed by atoms with E-state index in [9.17, 15) is 14.4 Å². The minimum Gasteiger partial charge on any atom is -0.462 e. The summed E-state index contributed by atoms with van der Waals surface area (Å²) in [4.78, 5) is 38.2. The van der Waals surface area contributed by atoms with Crippen molar-refractivity contribution in [1.29, 1.82) is 0 Å². The average molecular weight is 1000 g/mol. The summed E-state index contributed by atoms with van der Waals surface area (Å²) in [5.74, 6) is -0.938. The smallest absolute Gasteiger partial charge is 0.306 e. The van der Waals surface area contributed by atoms with Crippen molar-refractivity contribution in [1.82, 2.24) is 0 Å². The molecule has 0 rings (SSSR count). The summed E-state index contributed by atoms with van der Waals surface area (Å²) in [7, 11) is 0. The van der Waals surface area contributed by atoms with E-state index in [2.05, 4.69) is 130 Å². The molecule has 0 heterocycles. The lowest BCUT2D eigenvalue weighted by Crippen LogP contribution is -2.30. The molecule has 0 aromatic heterocycles. The molecule has 0 amide bonds. The first-order valence-electron chi connectivity index (χ1n) is 29.9. The van der Waals surface area contributed by atoms with Gasteiger partial charge in [0.05, 0.1) is 0 Å². The Bertz CT molecular complexity index is 1470. The van der Waals surface area contributed by atoms with Gasteiger partial charge in [-0.15, -0.1) is 0 Å². The summed E-state index contributed by atoms with van der Waals surface area (Å²) in [5, 5.41) is 0. The maximum Gasteiger partial charge on any atom is 0.306 e. The zero-order chi connectivity index (χ0) is 52.2. The predicted molar refractivity (Wildman–Crippen MR) is 311 cm³/mol. The normalized spacial score (nSPS) is 12.9. The second-order valence-corrected chi connectivity index (χ2v) is 19.5. The second-order valence-electron chi connectivity index (χ2n) is 19.5. The molecule has 72 heavy (non-hydrogen) atoms. The third-order valence-corrected chi connectivity index (χ3v) is 12.5. The van der Waals surface area contributed by atoms with Crippen molar-refractivity contribution >= 4 is 17.9 Å². The van der Waals surface area contributed by atoms with Crippen LogP contribution in [-0.2, 0) is 28.6 Å². The molecule has 6 heteroatoms. The Morgan fingerprint density at radius 3 is 0.889 bits per heavy atom. The minimum absolute atomic E-state index is 0.0937. The van der Waals surface area contributed by atoms with E-state index < -0.39 is 6.10 Å². The van der Waals surface area contributed by atoms with Crippen LogP contribution in [0.4, 0.5) is 0 Å². The van der Waals surface area contributed by atoms with E-state index >= 15 is 0 Å². The number of hydrogen-bond donors (Lipinski definition) is 0. The second kappa shape index (κ2) is 59.6. The average Bonchev–Trinajstić information content (AvgIpc) is 3.38. The predicted octanol–water partition coefficient (Wildman–Crippen LogP) is 20.3. The van der Waals surface area contributed by atoms with Crippen LogP contribution in [0.1, 0.15) is 271 Å². The number of ether oxygens (including phenoxy) is 3. The largest absolute Gasteiger partial charge is 0.462 e. The van der Waals surface area contributed by atoms with Gasteiger partial charge in [0.2, 0.25) is 0 Å². The van der Waals surface area contributed by atoms with Gasteiger partial charge in [-0.05, 0) is 109 Å². The molecule has 0 aliphatic heterocycles. The fourth-order valence-corrected chi connectivity index (χ4v) is 8.04. The summed E-state index contributed by atoms with van der Waals surface area (Å²) >= 11 is 0. The van der Waals surface area contributed by atoms with Crippen LogP contribution in [0.3, 0.4) is 0 Å². The van der Waals surface area contributed by atoms with Gasteiger partial charge in [-0.25, -0.2) is 0 Å². The van der Waals surface area contributed by atoms with Crippen LogP contribution in [-0.4, -0.2) is 37.2 Å². The Morgan fingerprint density at radius 2 is 0.542 bits per heavy atom.